The summed E-state index contributed by atoms with van der Waals surface area (Å²) in [7, 11) is 0. The Morgan fingerprint density at radius 2 is 2.10 bits per heavy atom. The van der Waals surface area contributed by atoms with E-state index in [1.165, 1.54) is 40.4 Å². The van der Waals surface area contributed by atoms with Crippen molar-refractivity contribution < 1.29 is 0 Å². The summed E-state index contributed by atoms with van der Waals surface area (Å²) < 4.78 is 1.16. The molecule has 1 heterocycles. The van der Waals surface area contributed by atoms with Crippen LogP contribution < -0.4 is 5.32 Å². The Morgan fingerprint density at radius 1 is 1.29 bits per heavy atom. The van der Waals surface area contributed by atoms with Gasteiger partial charge in [0.05, 0.1) is 11.7 Å². The second kappa shape index (κ2) is 7.03. The summed E-state index contributed by atoms with van der Waals surface area (Å²) in [4.78, 5) is 6.46. The number of halogens is 1. The Bertz CT molecular complexity index is 585. The first kappa shape index (κ1) is 15.2. The lowest BCUT2D eigenvalue weighted by Gasteiger charge is -2.18. The molecule has 0 saturated heterocycles. The van der Waals surface area contributed by atoms with Gasteiger partial charge in [0.2, 0.25) is 0 Å². The molecule has 1 aromatic carbocycles. The van der Waals surface area contributed by atoms with Crippen LogP contribution in [0.4, 0.5) is 0 Å². The van der Waals surface area contributed by atoms with Crippen LogP contribution in [0.3, 0.4) is 0 Å². The van der Waals surface area contributed by atoms with Crippen LogP contribution in [0.5, 0.6) is 0 Å². The van der Waals surface area contributed by atoms with Crippen molar-refractivity contribution in [3.8, 4) is 0 Å². The molecular formula is C17H21BrN2S. The van der Waals surface area contributed by atoms with Crippen molar-refractivity contribution in [2.75, 3.05) is 6.54 Å². The number of fused-ring (bicyclic) bond motifs is 1. The van der Waals surface area contributed by atoms with E-state index < -0.39 is 0 Å². The Hall–Kier alpha value is -0.710. The highest BCUT2D eigenvalue weighted by molar-refractivity contribution is 9.10. The lowest BCUT2D eigenvalue weighted by Crippen LogP contribution is -2.23. The van der Waals surface area contributed by atoms with E-state index in [0.717, 1.165) is 23.9 Å². The van der Waals surface area contributed by atoms with E-state index in [1.807, 2.05) is 11.3 Å². The first-order valence-electron chi connectivity index (χ1n) is 7.76. The maximum absolute atomic E-state index is 4.96. The second-order valence-corrected chi connectivity index (χ2v) is 7.51. The molecule has 0 saturated carbocycles. The van der Waals surface area contributed by atoms with Crippen molar-refractivity contribution in [1.82, 2.24) is 10.3 Å². The van der Waals surface area contributed by atoms with E-state index in [9.17, 15) is 0 Å². The molecule has 0 aliphatic heterocycles. The van der Waals surface area contributed by atoms with Crippen molar-refractivity contribution in [3.63, 3.8) is 0 Å². The van der Waals surface area contributed by atoms with Gasteiger partial charge in [-0.05, 0) is 50.3 Å². The van der Waals surface area contributed by atoms with Gasteiger partial charge in [0.15, 0.2) is 0 Å². The molecule has 2 nitrogen and oxygen atoms in total. The SMILES string of the molecule is CCCNC(c1nc2c(s1)CCCC2)c1ccccc1Br. The Labute approximate surface area is 139 Å². The predicted molar refractivity (Wildman–Crippen MR) is 93.0 cm³/mol. The number of aromatic nitrogens is 1. The highest BCUT2D eigenvalue weighted by Gasteiger charge is 2.23. The van der Waals surface area contributed by atoms with Crippen molar-refractivity contribution in [3.05, 3.63) is 49.9 Å². The van der Waals surface area contributed by atoms with Crippen LogP contribution in [0.1, 0.15) is 53.4 Å². The zero-order valence-electron chi connectivity index (χ0n) is 12.4. The predicted octanol–water partition coefficient (Wildman–Crippen LogP) is 4.87. The molecule has 0 bridgehead atoms. The molecule has 0 spiro atoms. The molecule has 1 aliphatic rings. The van der Waals surface area contributed by atoms with Gasteiger partial charge in [-0.1, -0.05) is 41.1 Å². The second-order valence-electron chi connectivity index (χ2n) is 5.54. The average Bonchev–Trinajstić information content (AvgIpc) is 2.93. The van der Waals surface area contributed by atoms with Crippen LogP contribution in [-0.4, -0.2) is 11.5 Å². The van der Waals surface area contributed by atoms with E-state index in [1.54, 1.807) is 0 Å². The summed E-state index contributed by atoms with van der Waals surface area (Å²) in [5.41, 5.74) is 2.63. The average molecular weight is 365 g/mol. The number of rotatable bonds is 5. The molecule has 1 unspecified atom stereocenters. The molecule has 4 heteroatoms. The molecule has 1 N–H and O–H groups in total. The van der Waals surface area contributed by atoms with Gasteiger partial charge in [-0.2, -0.15) is 0 Å². The van der Waals surface area contributed by atoms with Gasteiger partial charge in [-0.25, -0.2) is 4.98 Å². The third-order valence-electron chi connectivity index (χ3n) is 3.92. The van der Waals surface area contributed by atoms with Crippen LogP contribution >= 0.6 is 27.3 Å². The summed E-state index contributed by atoms with van der Waals surface area (Å²) in [5.74, 6) is 0. The Kier molecular flexibility index (Phi) is 5.09. The molecule has 21 heavy (non-hydrogen) atoms. The van der Waals surface area contributed by atoms with Gasteiger partial charge in [0.25, 0.3) is 0 Å². The standard InChI is InChI=1S/C17H21BrN2S/c1-2-11-19-16(12-7-3-4-8-13(12)18)17-20-14-9-5-6-10-15(14)21-17/h3-4,7-8,16,19H,2,5-6,9-11H2,1H3. The molecule has 1 aromatic heterocycles. The summed E-state index contributed by atoms with van der Waals surface area (Å²) in [5, 5.41) is 4.89. The molecule has 1 atom stereocenters. The number of nitrogens with one attached hydrogen (secondary N) is 1. The van der Waals surface area contributed by atoms with E-state index >= 15 is 0 Å². The highest BCUT2D eigenvalue weighted by Crippen LogP contribution is 2.34. The normalized spacial score (nSPS) is 15.7. The summed E-state index contributed by atoms with van der Waals surface area (Å²) in [6.45, 7) is 3.22. The molecule has 0 fully saturated rings. The Morgan fingerprint density at radius 3 is 2.86 bits per heavy atom. The number of aryl methyl sites for hydroxylation is 2. The summed E-state index contributed by atoms with van der Waals surface area (Å²) in [6, 6.07) is 8.68. The first-order chi connectivity index (χ1) is 10.3. The van der Waals surface area contributed by atoms with Gasteiger partial charge < -0.3 is 5.32 Å². The number of hydrogen-bond acceptors (Lipinski definition) is 3. The fourth-order valence-corrected chi connectivity index (χ4v) is 4.59. The summed E-state index contributed by atoms with van der Waals surface area (Å²) in [6.07, 6.45) is 6.10. The maximum Gasteiger partial charge on any atom is 0.115 e. The van der Waals surface area contributed by atoms with E-state index in [4.69, 9.17) is 4.98 Å². The van der Waals surface area contributed by atoms with Crippen LogP contribution in [0.15, 0.2) is 28.7 Å². The zero-order valence-corrected chi connectivity index (χ0v) is 14.8. The Balaban J connectivity index is 1.95. The largest absolute Gasteiger partial charge is 0.304 e. The summed E-state index contributed by atoms with van der Waals surface area (Å²) >= 11 is 5.60. The monoisotopic (exact) mass is 364 g/mol. The minimum absolute atomic E-state index is 0.205. The fraction of sp³-hybridized carbons (Fsp3) is 0.471. The first-order valence-corrected chi connectivity index (χ1v) is 9.37. The third kappa shape index (κ3) is 3.38. The zero-order chi connectivity index (χ0) is 14.7. The van der Waals surface area contributed by atoms with Crippen LogP contribution in [0.25, 0.3) is 0 Å². The maximum atomic E-state index is 4.96. The van der Waals surface area contributed by atoms with E-state index in [2.05, 4.69) is 52.4 Å². The molecular weight excluding hydrogens is 344 g/mol. The molecule has 112 valence electrons. The minimum Gasteiger partial charge on any atom is -0.304 e. The van der Waals surface area contributed by atoms with Crippen LogP contribution in [0, 0.1) is 0 Å². The van der Waals surface area contributed by atoms with Gasteiger partial charge in [0.1, 0.15) is 5.01 Å². The quantitative estimate of drug-likeness (QED) is 0.817. The number of nitrogens with zero attached hydrogens (tertiary/aromatic N) is 1. The van der Waals surface area contributed by atoms with Gasteiger partial charge in [0, 0.05) is 9.35 Å². The van der Waals surface area contributed by atoms with Gasteiger partial charge in [-0.3, -0.25) is 0 Å². The number of thiazole rings is 1. The molecule has 2 aromatic rings. The van der Waals surface area contributed by atoms with Gasteiger partial charge in [-0.15, -0.1) is 11.3 Å². The highest BCUT2D eigenvalue weighted by atomic mass is 79.9. The lowest BCUT2D eigenvalue weighted by atomic mass is 10.0. The minimum atomic E-state index is 0.205. The fourth-order valence-electron chi connectivity index (χ4n) is 2.82. The third-order valence-corrected chi connectivity index (χ3v) is 5.87. The molecule has 3 rings (SSSR count). The van der Waals surface area contributed by atoms with Crippen LogP contribution in [-0.2, 0) is 12.8 Å². The molecule has 0 amide bonds. The van der Waals surface area contributed by atoms with E-state index in [0.29, 0.717) is 0 Å². The van der Waals surface area contributed by atoms with E-state index in [-0.39, 0.29) is 6.04 Å². The topological polar surface area (TPSA) is 24.9 Å². The van der Waals surface area contributed by atoms with Crippen molar-refractivity contribution in [2.45, 2.75) is 45.1 Å². The van der Waals surface area contributed by atoms with Crippen molar-refractivity contribution in [1.29, 1.82) is 0 Å². The molecule has 1 aliphatic carbocycles. The molecule has 0 radical (unpaired) electrons. The smallest absolute Gasteiger partial charge is 0.115 e. The number of benzene rings is 1. The van der Waals surface area contributed by atoms with Crippen molar-refractivity contribution >= 4 is 27.3 Å². The van der Waals surface area contributed by atoms with Crippen molar-refractivity contribution in [2.24, 2.45) is 0 Å². The van der Waals surface area contributed by atoms with Crippen LogP contribution in [0.2, 0.25) is 0 Å². The van der Waals surface area contributed by atoms with Gasteiger partial charge >= 0.3 is 0 Å². The number of hydrogen-bond donors (Lipinski definition) is 1. The lowest BCUT2D eigenvalue weighted by molar-refractivity contribution is 0.591.